The van der Waals surface area contributed by atoms with Gasteiger partial charge in [0.1, 0.15) is 5.75 Å². The third kappa shape index (κ3) is 7.17. The number of phenolic OH excluding ortho intramolecular Hbond substituents is 1. The van der Waals surface area contributed by atoms with Crippen molar-refractivity contribution in [1.82, 2.24) is 0 Å². The van der Waals surface area contributed by atoms with Crippen LogP contribution in [0.25, 0.3) is 0 Å². The number of rotatable bonds is 17. The quantitative estimate of drug-likeness (QED) is 0.0937. The standard InChI is InChI=1S/C38H51F9O5/c1-33-17-15-25-24-14-13-23(48)20-27(24)31(50)26(30(25)28(33)21-29(49)34(33)18-19-34)12-8-6-4-2-3-5-7-10-22(32(51)52)11-9-16-35(39,40)36(41,42)37(43,44)38(45,46)47/h13-14,20,22,25-26,28-31,48-50H,2-12,15-19,21H2,1H3,(H,51,52)/t22?,25?,26-,28?,29+,30?,31-,33-/m0/s1. The zero-order valence-electron chi connectivity index (χ0n) is 29.4. The predicted octanol–water partition coefficient (Wildman–Crippen LogP) is 10.6. The molecular formula is C38H51F9O5. The smallest absolute Gasteiger partial charge is 0.460 e. The highest BCUT2D eigenvalue weighted by Gasteiger charge is 2.81. The Morgan fingerprint density at radius 3 is 2.02 bits per heavy atom. The second-order valence-corrected chi connectivity index (χ2v) is 16.4. The molecule has 4 aliphatic rings. The number of aliphatic carboxylic acids is 1. The molecule has 0 aromatic heterocycles. The summed E-state index contributed by atoms with van der Waals surface area (Å²) in [6.45, 7) is 2.34. The molecule has 5 rings (SSSR count). The average Bonchev–Trinajstić information content (AvgIpc) is 3.84. The van der Waals surface area contributed by atoms with E-state index in [1.807, 2.05) is 6.07 Å². The number of phenols is 1. The molecule has 14 heteroatoms. The SMILES string of the molecule is C[C@]12CCC3c4ccc(O)cc4[C@@H](O)[C@@H](CCCCCCCCCC(CCCC(F)(F)C(F)(F)C(F)(F)C(F)(F)F)C(=O)O)C3C1C[C@@H](O)C21CC1. The van der Waals surface area contributed by atoms with Gasteiger partial charge in [-0.1, -0.05) is 57.9 Å². The van der Waals surface area contributed by atoms with Crippen LogP contribution in [-0.4, -0.2) is 56.4 Å². The molecule has 0 bridgehead atoms. The minimum Gasteiger partial charge on any atom is -0.508 e. The monoisotopic (exact) mass is 758 g/mol. The molecule has 0 amide bonds. The summed E-state index contributed by atoms with van der Waals surface area (Å²) in [4.78, 5) is 11.6. The Kier molecular flexibility index (Phi) is 11.6. The lowest BCUT2D eigenvalue weighted by molar-refractivity contribution is -0.396. The fourth-order valence-electron chi connectivity index (χ4n) is 10.5. The van der Waals surface area contributed by atoms with Crippen LogP contribution in [0.2, 0.25) is 0 Å². The van der Waals surface area contributed by atoms with Crippen LogP contribution in [-0.2, 0) is 4.79 Å². The molecule has 8 atom stereocenters. The molecule has 0 heterocycles. The average molecular weight is 759 g/mol. The van der Waals surface area contributed by atoms with Gasteiger partial charge in [0.15, 0.2) is 0 Å². The van der Waals surface area contributed by atoms with Crippen LogP contribution in [0.3, 0.4) is 0 Å². The molecule has 1 aromatic carbocycles. The highest BCUT2D eigenvalue weighted by Crippen LogP contribution is 2.76. The van der Waals surface area contributed by atoms with Crippen molar-refractivity contribution in [2.45, 2.75) is 158 Å². The molecule has 1 aromatic rings. The van der Waals surface area contributed by atoms with Crippen molar-refractivity contribution >= 4 is 5.97 Å². The van der Waals surface area contributed by atoms with Gasteiger partial charge in [0.05, 0.1) is 18.1 Å². The van der Waals surface area contributed by atoms with Gasteiger partial charge in [-0.05, 0) is 110 Å². The zero-order valence-corrected chi connectivity index (χ0v) is 29.4. The number of aliphatic hydroxyl groups is 2. The fourth-order valence-corrected chi connectivity index (χ4v) is 10.5. The second-order valence-electron chi connectivity index (χ2n) is 16.4. The van der Waals surface area contributed by atoms with E-state index in [0.29, 0.717) is 18.8 Å². The van der Waals surface area contributed by atoms with Crippen LogP contribution < -0.4 is 0 Å². The Balaban J connectivity index is 1.06. The fraction of sp³-hybridized carbons (Fsp3) is 0.816. The Hall–Kier alpha value is -2.22. The maximum atomic E-state index is 13.8. The summed E-state index contributed by atoms with van der Waals surface area (Å²) in [7, 11) is 0. The number of unbranched alkanes of at least 4 members (excludes halogenated alkanes) is 6. The first-order chi connectivity index (χ1) is 24.1. The molecular weight excluding hydrogens is 707 g/mol. The van der Waals surface area contributed by atoms with Gasteiger partial charge in [0.2, 0.25) is 0 Å². The molecule has 4 aliphatic carbocycles. The molecule has 52 heavy (non-hydrogen) atoms. The number of hydrogen-bond acceptors (Lipinski definition) is 4. The number of fused-ring (bicyclic) bond motifs is 6. The van der Waals surface area contributed by atoms with Crippen molar-refractivity contribution in [3.05, 3.63) is 29.3 Å². The van der Waals surface area contributed by atoms with Crippen molar-refractivity contribution in [3.63, 3.8) is 0 Å². The van der Waals surface area contributed by atoms with E-state index in [4.69, 9.17) is 0 Å². The zero-order chi connectivity index (χ0) is 38.5. The number of hydrogen-bond donors (Lipinski definition) is 4. The maximum Gasteiger partial charge on any atom is 0.460 e. The first-order valence-corrected chi connectivity index (χ1v) is 18.7. The van der Waals surface area contributed by atoms with Crippen LogP contribution in [0.5, 0.6) is 5.75 Å². The van der Waals surface area contributed by atoms with Crippen molar-refractivity contribution in [1.29, 1.82) is 0 Å². The van der Waals surface area contributed by atoms with Gasteiger partial charge in [-0.15, -0.1) is 0 Å². The molecule has 0 radical (unpaired) electrons. The summed E-state index contributed by atoms with van der Waals surface area (Å²) in [5.41, 5.74) is 1.93. The molecule has 0 aliphatic heterocycles. The van der Waals surface area contributed by atoms with Gasteiger partial charge in [0.25, 0.3) is 0 Å². The largest absolute Gasteiger partial charge is 0.508 e. The number of benzene rings is 1. The summed E-state index contributed by atoms with van der Waals surface area (Å²) < 4.78 is 118. The highest BCUT2D eigenvalue weighted by molar-refractivity contribution is 5.69. The Bertz CT molecular complexity index is 1410. The van der Waals surface area contributed by atoms with Crippen molar-refractivity contribution in [2.75, 3.05) is 0 Å². The summed E-state index contributed by atoms with van der Waals surface area (Å²) in [5.74, 6) is -21.1. The number of carboxylic acids is 1. The normalized spacial score (nSPS) is 30.5. The summed E-state index contributed by atoms with van der Waals surface area (Å²) in [5, 5.41) is 42.6. The number of carbonyl (C=O) groups is 1. The number of aliphatic hydroxyl groups excluding tert-OH is 2. The number of carboxylic acid groups (broad SMARTS) is 1. The van der Waals surface area contributed by atoms with Crippen LogP contribution in [0, 0.1) is 34.5 Å². The lowest BCUT2D eigenvalue weighted by Crippen LogP contribution is -2.60. The van der Waals surface area contributed by atoms with E-state index < -0.39 is 61.2 Å². The first-order valence-electron chi connectivity index (χ1n) is 18.7. The van der Waals surface area contributed by atoms with Crippen LogP contribution in [0.1, 0.15) is 139 Å². The topological polar surface area (TPSA) is 98.0 Å². The minimum atomic E-state index is -6.95. The van der Waals surface area contributed by atoms with E-state index in [1.54, 1.807) is 12.1 Å². The van der Waals surface area contributed by atoms with E-state index in [-0.39, 0.29) is 46.9 Å². The number of halogens is 9. The highest BCUT2D eigenvalue weighted by atomic mass is 19.4. The lowest BCUT2D eigenvalue weighted by atomic mass is 9.50. The van der Waals surface area contributed by atoms with Crippen LogP contribution in [0.4, 0.5) is 39.5 Å². The Labute approximate surface area is 298 Å². The van der Waals surface area contributed by atoms with Crippen molar-refractivity contribution < 1.29 is 64.7 Å². The van der Waals surface area contributed by atoms with Crippen LogP contribution in [0.15, 0.2) is 18.2 Å². The van der Waals surface area contributed by atoms with Gasteiger partial charge in [-0.3, -0.25) is 4.79 Å². The lowest BCUT2D eigenvalue weighted by Gasteiger charge is -2.55. The Morgan fingerprint density at radius 1 is 0.827 bits per heavy atom. The second kappa shape index (κ2) is 14.8. The molecule has 3 fully saturated rings. The van der Waals surface area contributed by atoms with Crippen LogP contribution >= 0.6 is 0 Å². The number of alkyl halides is 9. The molecule has 3 saturated carbocycles. The van der Waals surface area contributed by atoms with Crippen molar-refractivity contribution in [2.24, 2.45) is 34.5 Å². The van der Waals surface area contributed by atoms with Gasteiger partial charge in [-0.25, -0.2) is 0 Å². The molecule has 4 unspecified atom stereocenters. The maximum absolute atomic E-state index is 13.8. The van der Waals surface area contributed by atoms with Gasteiger partial charge >= 0.3 is 29.9 Å². The van der Waals surface area contributed by atoms with E-state index in [2.05, 4.69) is 6.92 Å². The molecule has 1 spiro atoms. The van der Waals surface area contributed by atoms with Gasteiger partial charge < -0.3 is 20.4 Å². The van der Waals surface area contributed by atoms with Crippen molar-refractivity contribution in [3.8, 4) is 5.75 Å². The third-order valence-electron chi connectivity index (χ3n) is 13.6. The predicted molar refractivity (Wildman–Crippen MR) is 173 cm³/mol. The number of aromatic hydroxyl groups is 1. The van der Waals surface area contributed by atoms with E-state index in [0.717, 1.165) is 81.8 Å². The van der Waals surface area contributed by atoms with E-state index in [1.165, 1.54) is 0 Å². The summed E-state index contributed by atoms with van der Waals surface area (Å²) >= 11 is 0. The van der Waals surface area contributed by atoms with Gasteiger partial charge in [0, 0.05) is 11.8 Å². The molecule has 296 valence electrons. The molecule has 4 N–H and O–H groups in total. The van der Waals surface area contributed by atoms with E-state index in [9.17, 15) is 64.7 Å². The molecule has 0 saturated heterocycles. The third-order valence-corrected chi connectivity index (χ3v) is 13.6. The first kappa shape index (κ1) is 41.0. The van der Waals surface area contributed by atoms with Gasteiger partial charge in [-0.2, -0.15) is 39.5 Å². The summed E-state index contributed by atoms with van der Waals surface area (Å²) in [6, 6.07) is 5.33. The van der Waals surface area contributed by atoms with E-state index >= 15 is 0 Å². The summed E-state index contributed by atoms with van der Waals surface area (Å²) in [6.07, 6.45) is -0.608. The molecule has 5 nitrogen and oxygen atoms in total. The minimum absolute atomic E-state index is 0.00900. The Morgan fingerprint density at radius 2 is 1.42 bits per heavy atom.